The molecular formula is C24H28F3N3O3S. The highest BCUT2D eigenvalue weighted by atomic mass is 32.2. The number of nitrogens with zero attached hydrogens (tertiary/aromatic N) is 2. The summed E-state index contributed by atoms with van der Waals surface area (Å²) in [4.78, 5) is 31.9. The van der Waals surface area contributed by atoms with Crippen molar-refractivity contribution in [2.24, 2.45) is 10.9 Å². The molecule has 10 heteroatoms. The number of fused-ring (bicyclic) bond motifs is 1. The van der Waals surface area contributed by atoms with Gasteiger partial charge < -0.3 is 15.0 Å². The van der Waals surface area contributed by atoms with Gasteiger partial charge >= 0.3 is 12.1 Å². The van der Waals surface area contributed by atoms with Gasteiger partial charge in [0.1, 0.15) is 0 Å². The van der Waals surface area contributed by atoms with Crippen molar-refractivity contribution in [3.8, 4) is 0 Å². The van der Waals surface area contributed by atoms with Crippen molar-refractivity contribution >= 4 is 28.8 Å². The van der Waals surface area contributed by atoms with Crippen molar-refractivity contribution < 1.29 is 27.5 Å². The van der Waals surface area contributed by atoms with E-state index in [-0.39, 0.29) is 23.8 Å². The van der Waals surface area contributed by atoms with Crippen LogP contribution in [0.2, 0.25) is 0 Å². The fourth-order valence-electron chi connectivity index (χ4n) is 3.62. The smallest absolute Gasteiger partial charge is 0.416 e. The Labute approximate surface area is 201 Å². The van der Waals surface area contributed by atoms with E-state index in [2.05, 4.69) is 10.3 Å². The first kappa shape index (κ1) is 25.9. The minimum absolute atomic E-state index is 0.0431. The van der Waals surface area contributed by atoms with Crippen LogP contribution in [0.15, 0.2) is 51.6 Å². The normalized spacial score (nSPS) is 18.2. The number of benzene rings is 1. The molecule has 1 amide bonds. The van der Waals surface area contributed by atoms with Gasteiger partial charge in [-0.25, -0.2) is 9.79 Å². The van der Waals surface area contributed by atoms with Crippen molar-refractivity contribution in [3.05, 3.63) is 57.8 Å². The number of halogens is 3. The number of nitrogens with one attached hydrogen (secondary N) is 1. The Bertz CT molecular complexity index is 1040. The quantitative estimate of drug-likeness (QED) is 0.514. The Kier molecular flexibility index (Phi) is 7.80. The van der Waals surface area contributed by atoms with Crippen molar-refractivity contribution in [1.82, 2.24) is 10.2 Å². The average molecular weight is 496 g/mol. The van der Waals surface area contributed by atoms with Gasteiger partial charge in [0, 0.05) is 12.2 Å². The second-order valence-electron chi connectivity index (χ2n) is 8.84. The lowest BCUT2D eigenvalue weighted by molar-refractivity contribution is -0.143. The zero-order valence-corrected chi connectivity index (χ0v) is 20.5. The van der Waals surface area contributed by atoms with Crippen LogP contribution in [0.1, 0.15) is 58.2 Å². The molecule has 1 N–H and O–H groups in total. The summed E-state index contributed by atoms with van der Waals surface area (Å²) >= 11 is 1.31. The third-order valence-corrected chi connectivity index (χ3v) is 6.05. The number of aliphatic imine (C=N–C) groups is 1. The second-order valence-corrected chi connectivity index (χ2v) is 9.68. The number of ether oxygens (including phenoxy) is 1. The fraction of sp³-hybridized carbons (Fsp3) is 0.458. The van der Waals surface area contributed by atoms with E-state index in [0.29, 0.717) is 28.7 Å². The fourth-order valence-corrected chi connectivity index (χ4v) is 4.59. The molecule has 0 bridgehead atoms. The van der Waals surface area contributed by atoms with Crippen LogP contribution in [0, 0.1) is 5.92 Å². The number of amidine groups is 1. The summed E-state index contributed by atoms with van der Waals surface area (Å²) in [5.74, 6) is -0.503. The number of carbonyl (C=O) groups excluding carboxylic acids is 2. The van der Waals surface area contributed by atoms with E-state index in [4.69, 9.17) is 4.74 Å². The maximum absolute atomic E-state index is 13.2. The van der Waals surface area contributed by atoms with E-state index in [1.165, 1.54) is 23.9 Å². The molecule has 1 atom stereocenters. The standard InChI is InChI=1S/C24H28F3N3O3S/c1-13(2)11-28-19(31)10-18-12-34-23-29-15(5)20(22(32)33-14(3)4)21(30(18)23)16-6-8-17(9-7-16)24(25,26)27/h6-9,12-14,21H,10-11H2,1-5H3,(H,28,31). The number of thioether (sulfide) groups is 1. The molecule has 0 saturated carbocycles. The third-order valence-electron chi connectivity index (χ3n) is 5.17. The van der Waals surface area contributed by atoms with Gasteiger partial charge in [-0.05, 0) is 49.8 Å². The minimum Gasteiger partial charge on any atom is -0.459 e. The van der Waals surface area contributed by atoms with Crippen LogP contribution in [-0.2, 0) is 20.5 Å². The number of allylic oxidation sites excluding steroid dienone is 1. The lowest BCUT2D eigenvalue weighted by Crippen LogP contribution is -2.38. The van der Waals surface area contributed by atoms with Crippen LogP contribution in [-0.4, -0.2) is 34.6 Å². The van der Waals surface area contributed by atoms with Gasteiger partial charge in [-0.2, -0.15) is 13.2 Å². The SMILES string of the molecule is CC1=C(C(=O)OC(C)C)C(c2ccc(C(F)(F)F)cc2)N2C(CC(=O)NCC(C)C)=CSC2=N1. The Hall–Kier alpha value is -2.75. The molecule has 2 aliphatic heterocycles. The molecule has 2 heterocycles. The van der Waals surface area contributed by atoms with Crippen LogP contribution >= 0.6 is 11.8 Å². The van der Waals surface area contributed by atoms with E-state index in [1.807, 2.05) is 13.8 Å². The van der Waals surface area contributed by atoms with Gasteiger partial charge in [0.2, 0.25) is 5.91 Å². The molecule has 0 radical (unpaired) electrons. The van der Waals surface area contributed by atoms with Gasteiger partial charge in [0.15, 0.2) is 5.17 Å². The molecule has 0 aliphatic carbocycles. The first-order valence-corrected chi connectivity index (χ1v) is 11.9. The van der Waals surface area contributed by atoms with E-state index >= 15 is 0 Å². The monoisotopic (exact) mass is 495 g/mol. The molecular weight excluding hydrogens is 467 g/mol. The summed E-state index contributed by atoms with van der Waals surface area (Å²) in [6.45, 7) is 9.60. The van der Waals surface area contributed by atoms with Crippen molar-refractivity contribution in [2.75, 3.05) is 6.54 Å². The van der Waals surface area contributed by atoms with E-state index in [0.717, 1.165) is 12.1 Å². The number of rotatable bonds is 7. The molecule has 2 aliphatic rings. The molecule has 1 unspecified atom stereocenters. The highest BCUT2D eigenvalue weighted by Crippen LogP contribution is 2.45. The maximum Gasteiger partial charge on any atom is 0.416 e. The van der Waals surface area contributed by atoms with Crippen LogP contribution in [0.3, 0.4) is 0 Å². The lowest BCUT2D eigenvalue weighted by atomic mass is 9.93. The molecule has 1 aromatic rings. The van der Waals surface area contributed by atoms with Gasteiger partial charge in [0.05, 0.1) is 35.4 Å². The predicted molar refractivity (Wildman–Crippen MR) is 126 cm³/mol. The zero-order chi connectivity index (χ0) is 25.2. The second kappa shape index (κ2) is 10.2. The number of amides is 1. The van der Waals surface area contributed by atoms with Crippen molar-refractivity contribution in [3.63, 3.8) is 0 Å². The van der Waals surface area contributed by atoms with Gasteiger partial charge in [-0.3, -0.25) is 4.79 Å². The highest BCUT2D eigenvalue weighted by molar-refractivity contribution is 8.16. The Balaban J connectivity index is 2.01. The van der Waals surface area contributed by atoms with E-state index < -0.39 is 29.9 Å². The van der Waals surface area contributed by atoms with Gasteiger partial charge in [-0.1, -0.05) is 37.7 Å². The molecule has 1 aromatic carbocycles. The Morgan fingerprint density at radius 3 is 2.38 bits per heavy atom. The lowest BCUT2D eigenvalue weighted by Gasteiger charge is -2.36. The molecule has 0 aromatic heterocycles. The summed E-state index contributed by atoms with van der Waals surface area (Å²) in [6, 6.07) is 3.91. The number of esters is 1. The Morgan fingerprint density at radius 1 is 1.18 bits per heavy atom. The predicted octanol–water partition coefficient (Wildman–Crippen LogP) is 5.39. The minimum atomic E-state index is -4.48. The summed E-state index contributed by atoms with van der Waals surface area (Å²) in [5, 5.41) is 5.21. The highest BCUT2D eigenvalue weighted by Gasteiger charge is 2.41. The topological polar surface area (TPSA) is 71.0 Å². The van der Waals surface area contributed by atoms with Crippen LogP contribution in [0.4, 0.5) is 13.2 Å². The summed E-state index contributed by atoms with van der Waals surface area (Å²) < 4.78 is 44.9. The van der Waals surface area contributed by atoms with E-state index in [9.17, 15) is 22.8 Å². The maximum atomic E-state index is 13.2. The average Bonchev–Trinajstić information content (AvgIpc) is 3.12. The van der Waals surface area contributed by atoms with Gasteiger partial charge in [0.25, 0.3) is 0 Å². The first-order chi connectivity index (χ1) is 15.9. The van der Waals surface area contributed by atoms with Gasteiger partial charge in [-0.15, -0.1) is 0 Å². The number of alkyl halides is 3. The number of hydrogen-bond donors (Lipinski definition) is 1. The molecule has 184 valence electrons. The zero-order valence-electron chi connectivity index (χ0n) is 19.7. The molecule has 0 fully saturated rings. The Morgan fingerprint density at radius 2 is 1.82 bits per heavy atom. The third kappa shape index (κ3) is 5.84. The molecule has 34 heavy (non-hydrogen) atoms. The summed E-state index contributed by atoms with van der Waals surface area (Å²) in [6.07, 6.45) is -4.83. The van der Waals surface area contributed by atoms with Crippen molar-refractivity contribution in [2.45, 2.75) is 59.4 Å². The largest absolute Gasteiger partial charge is 0.459 e. The molecule has 0 spiro atoms. The number of hydrogen-bond acceptors (Lipinski definition) is 6. The van der Waals surface area contributed by atoms with Crippen LogP contribution in [0.5, 0.6) is 0 Å². The van der Waals surface area contributed by atoms with Crippen molar-refractivity contribution in [1.29, 1.82) is 0 Å². The number of carbonyl (C=O) groups is 2. The van der Waals surface area contributed by atoms with Crippen LogP contribution in [0.25, 0.3) is 0 Å². The first-order valence-electron chi connectivity index (χ1n) is 11.0. The van der Waals surface area contributed by atoms with E-state index in [1.54, 1.807) is 31.1 Å². The van der Waals surface area contributed by atoms with Crippen LogP contribution < -0.4 is 5.32 Å². The summed E-state index contributed by atoms with van der Waals surface area (Å²) in [5.41, 5.74) is 0.942. The summed E-state index contributed by atoms with van der Waals surface area (Å²) in [7, 11) is 0. The molecule has 3 rings (SSSR count). The molecule has 0 saturated heterocycles. The molecule has 6 nitrogen and oxygen atoms in total.